The Hall–Kier alpha value is -0.900. The lowest BCUT2D eigenvalue weighted by molar-refractivity contribution is -0.168. The van der Waals surface area contributed by atoms with Gasteiger partial charge in [-0.1, -0.05) is 0 Å². The van der Waals surface area contributed by atoms with E-state index in [2.05, 4.69) is 0 Å². The van der Waals surface area contributed by atoms with E-state index in [-0.39, 0.29) is 18.9 Å². The van der Waals surface area contributed by atoms with Crippen LogP contribution in [-0.4, -0.2) is 29.1 Å². The van der Waals surface area contributed by atoms with E-state index in [9.17, 15) is 14.7 Å². The minimum absolute atomic E-state index is 0.00639. The van der Waals surface area contributed by atoms with Crippen LogP contribution in [0.15, 0.2) is 0 Å². The Morgan fingerprint density at radius 1 is 1.83 bits per heavy atom. The largest absolute Gasteiger partial charge is 0.462 e. The van der Waals surface area contributed by atoms with E-state index in [0.29, 0.717) is 12.7 Å². The molecule has 2 unspecified atom stereocenters. The standard InChI is InChI=1S/C8H12O4/c1-6-4-8(11,2-3-9)5-7(10)12-6/h3,6,11H,2,4-5H2,1H3. The van der Waals surface area contributed by atoms with Gasteiger partial charge in [-0.15, -0.1) is 0 Å². The van der Waals surface area contributed by atoms with Crippen LogP contribution in [0.4, 0.5) is 0 Å². The molecule has 4 nitrogen and oxygen atoms in total. The third kappa shape index (κ3) is 2.04. The fourth-order valence-corrected chi connectivity index (χ4v) is 1.49. The summed E-state index contributed by atoms with van der Waals surface area (Å²) in [7, 11) is 0. The molecule has 0 saturated carbocycles. The number of ether oxygens (including phenoxy) is 1. The summed E-state index contributed by atoms with van der Waals surface area (Å²) in [6, 6.07) is 0. The van der Waals surface area contributed by atoms with Crippen LogP contribution in [0.3, 0.4) is 0 Å². The summed E-state index contributed by atoms with van der Waals surface area (Å²) >= 11 is 0. The molecule has 1 N–H and O–H groups in total. The molecule has 0 aliphatic carbocycles. The molecule has 1 saturated heterocycles. The molecule has 0 aromatic rings. The Balaban J connectivity index is 2.64. The molecule has 1 aliphatic rings. The second kappa shape index (κ2) is 3.23. The van der Waals surface area contributed by atoms with E-state index in [1.165, 1.54) is 0 Å². The third-order valence-electron chi connectivity index (χ3n) is 1.94. The molecule has 1 rings (SSSR count). The van der Waals surface area contributed by atoms with Gasteiger partial charge in [-0.25, -0.2) is 0 Å². The van der Waals surface area contributed by atoms with Crippen LogP contribution < -0.4 is 0 Å². The van der Waals surface area contributed by atoms with Crippen LogP contribution in [0, 0.1) is 0 Å². The highest BCUT2D eigenvalue weighted by molar-refractivity contribution is 5.72. The first kappa shape index (κ1) is 9.19. The number of rotatable bonds is 2. The molecule has 0 spiro atoms. The number of esters is 1. The van der Waals surface area contributed by atoms with Crippen molar-refractivity contribution < 1.29 is 19.4 Å². The molecule has 1 fully saturated rings. The van der Waals surface area contributed by atoms with Gasteiger partial charge in [-0.3, -0.25) is 4.79 Å². The predicted octanol–water partition coefficient (Wildman–Crippen LogP) is 0.0320. The highest BCUT2D eigenvalue weighted by atomic mass is 16.5. The Kier molecular flexibility index (Phi) is 2.47. The summed E-state index contributed by atoms with van der Waals surface area (Å²) in [6.07, 6.45) is 0.613. The zero-order valence-corrected chi connectivity index (χ0v) is 6.95. The zero-order chi connectivity index (χ0) is 9.19. The van der Waals surface area contributed by atoms with Crippen molar-refractivity contribution in [1.82, 2.24) is 0 Å². The van der Waals surface area contributed by atoms with Crippen molar-refractivity contribution in [3.05, 3.63) is 0 Å². The van der Waals surface area contributed by atoms with Crippen LogP contribution in [0.1, 0.15) is 26.2 Å². The Morgan fingerprint density at radius 2 is 2.50 bits per heavy atom. The maximum Gasteiger partial charge on any atom is 0.308 e. The van der Waals surface area contributed by atoms with Crippen LogP contribution in [-0.2, 0) is 14.3 Å². The smallest absolute Gasteiger partial charge is 0.308 e. The highest BCUT2D eigenvalue weighted by Gasteiger charge is 2.37. The zero-order valence-electron chi connectivity index (χ0n) is 6.95. The first-order valence-corrected chi connectivity index (χ1v) is 3.91. The van der Waals surface area contributed by atoms with Crippen molar-refractivity contribution in [3.8, 4) is 0 Å². The van der Waals surface area contributed by atoms with Crippen molar-refractivity contribution in [2.75, 3.05) is 0 Å². The van der Waals surface area contributed by atoms with Crippen molar-refractivity contribution in [3.63, 3.8) is 0 Å². The summed E-state index contributed by atoms with van der Waals surface area (Å²) < 4.78 is 4.81. The molecule has 0 amide bonds. The molecule has 0 radical (unpaired) electrons. The second-order valence-electron chi connectivity index (χ2n) is 3.28. The van der Waals surface area contributed by atoms with Crippen LogP contribution in [0.2, 0.25) is 0 Å². The lowest BCUT2D eigenvalue weighted by atomic mass is 9.88. The number of aliphatic hydroxyl groups is 1. The maximum atomic E-state index is 10.9. The highest BCUT2D eigenvalue weighted by Crippen LogP contribution is 2.27. The molecule has 0 bridgehead atoms. The molecular formula is C8H12O4. The number of hydrogen-bond acceptors (Lipinski definition) is 4. The van der Waals surface area contributed by atoms with Crippen molar-refractivity contribution in [1.29, 1.82) is 0 Å². The summed E-state index contributed by atoms with van der Waals surface area (Å²) in [5, 5.41) is 9.68. The molecule has 12 heavy (non-hydrogen) atoms. The van der Waals surface area contributed by atoms with Gasteiger partial charge in [0, 0.05) is 12.8 Å². The number of hydrogen-bond donors (Lipinski definition) is 1. The molecule has 68 valence electrons. The topological polar surface area (TPSA) is 63.6 Å². The summed E-state index contributed by atoms with van der Waals surface area (Å²) in [4.78, 5) is 21.0. The quantitative estimate of drug-likeness (QED) is 0.471. The molecule has 4 heteroatoms. The lowest BCUT2D eigenvalue weighted by Crippen LogP contribution is -2.42. The van der Waals surface area contributed by atoms with Crippen LogP contribution in [0.25, 0.3) is 0 Å². The second-order valence-corrected chi connectivity index (χ2v) is 3.28. The average Bonchev–Trinajstić information content (AvgIpc) is 1.82. The average molecular weight is 172 g/mol. The maximum absolute atomic E-state index is 10.9. The predicted molar refractivity (Wildman–Crippen MR) is 40.4 cm³/mol. The normalized spacial score (nSPS) is 35.8. The summed E-state index contributed by atoms with van der Waals surface area (Å²) in [6.45, 7) is 1.70. The Labute approximate surface area is 70.5 Å². The molecule has 2 atom stereocenters. The van der Waals surface area contributed by atoms with Gasteiger partial charge in [0.05, 0.1) is 12.0 Å². The summed E-state index contributed by atoms with van der Waals surface area (Å²) in [5.74, 6) is -0.432. The van der Waals surface area contributed by atoms with E-state index in [0.717, 1.165) is 0 Å². The van der Waals surface area contributed by atoms with Gasteiger partial charge in [0.25, 0.3) is 0 Å². The first-order chi connectivity index (χ1) is 5.56. The Bertz CT molecular complexity index is 201. The summed E-state index contributed by atoms with van der Waals surface area (Å²) in [5.41, 5.74) is -1.17. The van der Waals surface area contributed by atoms with Crippen LogP contribution >= 0.6 is 0 Å². The lowest BCUT2D eigenvalue weighted by Gasteiger charge is -2.33. The molecule has 1 aliphatic heterocycles. The van der Waals surface area contributed by atoms with Crippen molar-refractivity contribution in [2.45, 2.75) is 37.9 Å². The number of cyclic esters (lactones) is 1. The number of carbonyl (C=O) groups excluding carboxylic acids is 2. The fourth-order valence-electron chi connectivity index (χ4n) is 1.49. The van der Waals surface area contributed by atoms with E-state index in [1.54, 1.807) is 6.92 Å². The number of carbonyl (C=O) groups is 2. The van der Waals surface area contributed by atoms with E-state index < -0.39 is 11.6 Å². The van der Waals surface area contributed by atoms with Gasteiger partial charge in [-0.2, -0.15) is 0 Å². The monoisotopic (exact) mass is 172 g/mol. The third-order valence-corrected chi connectivity index (χ3v) is 1.94. The molecule has 0 aromatic heterocycles. The minimum atomic E-state index is -1.17. The number of aldehydes is 1. The molecular weight excluding hydrogens is 160 g/mol. The van der Waals surface area contributed by atoms with Gasteiger partial charge >= 0.3 is 5.97 Å². The SMILES string of the molecule is CC1CC(O)(CC=O)CC(=O)O1. The van der Waals surface area contributed by atoms with Gasteiger partial charge in [0.2, 0.25) is 0 Å². The first-order valence-electron chi connectivity index (χ1n) is 3.91. The van der Waals surface area contributed by atoms with E-state index in [1.807, 2.05) is 0 Å². The van der Waals surface area contributed by atoms with Gasteiger partial charge in [0.1, 0.15) is 12.4 Å². The van der Waals surface area contributed by atoms with Gasteiger partial charge in [-0.05, 0) is 6.92 Å². The Morgan fingerprint density at radius 3 is 3.00 bits per heavy atom. The van der Waals surface area contributed by atoms with Gasteiger partial charge < -0.3 is 14.6 Å². The molecule has 1 heterocycles. The molecule has 0 aromatic carbocycles. The van der Waals surface area contributed by atoms with E-state index >= 15 is 0 Å². The van der Waals surface area contributed by atoms with E-state index in [4.69, 9.17) is 4.74 Å². The van der Waals surface area contributed by atoms with Crippen LogP contribution in [0.5, 0.6) is 0 Å². The minimum Gasteiger partial charge on any atom is -0.462 e. The van der Waals surface area contributed by atoms with Crippen molar-refractivity contribution in [2.24, 2.45) is 0 Å². The fraction of sp³-hybridized carbons (Fsp3) is 0.750. The van der Waals surface area contributed by atoms with Crippen molar-refractivity contribution >= 4 is 12.3 Å². The van der Waals surface area contributed by atoms with Gasteiger partial charge in [0.15, 0.2) is 0 Å².